The third-order valence-electron chi connectivity index (χ3n) is 6.69. The first kappa shape index (κ1) is 26.6. The minimum Gasteiger partial charge on any atom is -0.497 e. The summed E-state index contributed by atoms with van der Waals surface area (Å²) in [4.78, 5) is 2.26. The second kappa shape index (κ2) is 12.2. The molecular formula is C35H33N3O2. The molecule has 0 saturated carbocycles. The molecule has 5 aromatic rings. The number of rotatable bonds is 9. The zero-order valence-corrected chi connectivity index (χ0v) is 23.3. The van der Waals surface area contributed by atoms with Crippen LogP contribution in [0.5, 0.6) is 11.5 Å². The lowest BCUT2D eigenvalue weighted by molar-refractivity contribution is 0.415. The molecule has 200 valence electrons. The molecule has 0 saturated heterocycles. The van der Waals surface area contributed by atoms with Gasteiger partial charge in [-0.3, -0.25) is 0 Å². The molecule has 5 nitrogen and oxygen atoms in total. The van der Waals surface area contributed by atoms with E-state index in [4.69, 9.17) is 14.6 Å². The fourth-order valence-corrected chi connectivity index (χ4v) is 4.40. The number of anilines is 5. The molecule has 5 heteroatoms. The fourth-order valence-electron chi connectivity index (χ4n) is 4.40. The fraction of sp³-hybridized carbons (Fsp3) is 0.114. The average Bonchev–Trinajstić information content (AvgIpc) is 3.00. The minimum absolute atomic E-state index is 0.796. The zero-order chi connectivity index (χ0) is 27.9. The number of ether oxygens (including phenoxy) is 2. The first-order valence-electron chi connectivity index (χ1n) is 13.2. The summed E-state index contributed by atoms with van der Waals surface area (Å²) in [5.41, 5.74) is 8.60. The van der Waals surface area contributed by atoms with Crippen LogP contribution in [-0.4, -0.2) is 20.4 Å². The highest BCUT2D eigenvalue weighted by molar-refractivity contribution is 5.84. The van der Waals surface area contributed by atoms with Crippen LogP contribution in [0.4, 0.5) is 28.4 Å². The van der Waals surface area contributed by atoms with E-state index in [1.165, 1.54) is 11.1 Å². The maximum Gasteiger partial charge on any atom is 0.119 e. The average molecular weight is 528 g/mol. The van der Waals surface area contributed by atoms with Gasteiger partial charge in [0.05, 0.1) is 31.8 Å². The lowest BCUT2D eigenvalue weighted by Gasteiger charge is -2.26. The molecule has 0 heterocycles. The van der Waals surface area contributed by atoms with Gasteiger partial charge in [-0.2, -0.15) is 5.10 Å². The van der Waals surface area contributed by atoms with Crippen molar-refractivity contribution in [1.29, 1.82) is 0 Å². The van der Waals surface area contributed by atoms with Crippen molar-refractivity contribution in [2.45, 2.75) is 13.8 Å². The maximum atomic E-state index is 5.34. The monoisotopic (exact) mass is 527 g/mol. The van der Waals surface area contributed by atoms with Gasteiger partial charge in [0.25, 0.3) is 0 Å². The van der Waals surface area contributed by atoms with Gasteiger partial charge < -0.3 is 14.4 Å². The second-order valence-corrected chi connectivity index (χ2v) is 9.55. The van der Waals surface area contributed by atoms with Gasteiger partial charge in [-0.1, -0.05) is 47.5 Å². The molecule has 0 aromatic heterocycles. The molecule has 0 unspecified atom stereocenters. The Morgan fingerprint density at radius 2 is 0.825 bits per heavy atom. The molecule has 0 aliphatic rings. The number of hydrazone groups is 1. The van der Waals surface area contributed by atoms with Crippen molar-refractivity contribution >= 4 is 34.7 Å². The van der Waals surface area contributed by atoms with Crippen LogP contribution in [0.1, 0.15) is 16.7 Å². The highest BCUT2D eigenvalue weighted by Gasteiger charge is 2.13. The van der Waals surface area contributed by atoms with Gasteiger partial charge in [0.1, 0.15) is 11.5 Å². The van der Waals surface area contributed by atoms with Crippen LogP contribution >= 0.6 is 0 Å². The molecule has 0 radical (unpaired) electrons. The standard InChI is InChI=1S/C35H33N3O2/c1-26-5-11-29(12-6-26)37(30-13-7-27(2)8-14-30)31-15-9-28(10-16-31)25-36-38(32-17-21-34(39-3)22-18-32)33-19-23-35(40-4)24-20-33/h5-25H,1-4H3/b36-25+. The Bertz CT molecular complexity index is 1450. The molecule has 0 bridgehead atoms. The van der Waals surface area contributed by atoms with Gasteiger partial charge in [-0.25, -0.2) is 5.01 Å². The highest BCUT2D eigenvalue weighted by atomic mass is 16.5. The Kier molecular flexibility index (Phi) is 8.12. The van der Waals surface area contributed by atoms with Gasteiger partial charge in [0.2, 0.25) is 0 Å². The summed E-state index contributed by atoms with van der Waals surface area (Å²) in [6.07, 6.45) is 1.88. The van der Waals surface area contributed by atoms with Gasteiger partial charge >= 0.3 is 0 Å². The van der Waals surface area contributed by atoms with Crippen LogP contribution < -0.4 is 19.4 Å². The van der Waals surface area contributed by atoms with Crippen molar-refractivity contribution in [1.82, 2.24) is 0 Å². The summed E-state index contributed by atoms with van der Waals surface area (Å²) in [5.74, 6) is 1.59. The Morgan fingerprint density at radius 3 is 1.20 bits per heavy atom. The number of hydrogen-bond donors (Lipinski definition) is 0. The molecule has 0 aliphatic heterocycles. The molecule has 0 N–H and O–H groups in total. The lowest BCUT2D eigenvalue weighted by atomic mass is 10.1. The van der Waals surface area contributed by atoms with Crippen molar-refractivity contribution < 1.29 is 9.47 Å². The van der Waals surface area contributed by atoms with E-state index in [0.717, 1.165) is 45.5 Å². The van der Waals surface area contributed by atoms with Crippen LogP contribution in [0, 0.1) is 13.8 Å². The van der Waals surface area contributed by atoms with E-state index in [-0.39, 0.29) is 0 Å². The Hall–Kier alpha value is -5.03. The largest absolute Gasteiger partial charge is 0.497 e. The van der Waals surface area contributed by atoms with Crippen molar-refractivity contribution in [3.8, 4) is 11.5 Å². The zero-order valence-electron chi connectivity index (χ0n) is 23.3. The summed E-state index contributed by atoms with van der Waals surface area (Å²) in [6.45, 7) is 4.21. The lowest BCUT2D eigenvalue weighted by Crippen LogP contribution is -2.10. The van der Waals surface area contributed by atoms with Crippen LogP contribution in [0.2, 0.25) is 0 Å². The van der Waals surface area contributed by atoms with Gasteiger partial charge in [0, 0.05) is 17.1 Å². The van der Waals surface area contributed by atoms with Crippen LogP contribution in [0.25, 0.3) is 0 Å². The molecule has 0 atom stereocenters. The summed E-state index contributed by atoms with van der Waals surface area (Å²) in [5, 5.41) is 6.77. The predicted octanol–water partition coefficient (Wildman–Crippen LogP) is 8.96. The number of nitrogens with zero attached hydrogens (tertiary/aromatic N) is 3. The number of hydrogen-bond acceptors (Lipinski definition) is 5. The molecule has 40 heavy (non-hydrogen) atoms. The molecule has 0 aliphatic carbocycles. The van der Waals surface area contributed by atoms with Gasteiger partial charge in [0.15, 0.2) is 0 Å². The predicted molar refractivity (Wildman–Crippen MR) is 166 cm³/mol. The van der Waals surface area contributed by atoms with E-state index in [0.29, 0.717) is 0 Å². The molecule has 5 aromatic carbocycles. The SMILES string of the molecule is COc1ccc(N(/N=C/c2ccc(N(c3ccc(C)cc3)c3ccc(C)cc3)cc2)c2ccc(OC)cc2)cc1. The first-order valence-corrected chi connectivity index (χ1v) is 13.2. The summed E-state index contributed by atoms with van der Waals surface area (Å²) < 4.78 is 10.7. The topological polar surface area (TPSA) is 37.3 Å². The molecule has 5 rings (SSSR count). The molecule has 0 spiro atoms. The van der Waals surface area contributed by atoms with Crippen LogP contribution in [0.3, 0.4) is 0 Å². The number of aryl methyl sites for hydroxylation is 2. The van der Waals surface area contributed by atoms with E-state index in [2.05, 4.69) is 91.5 Å². The normalized spacial score (nSPS) is 10.9. The van der Waals surface area contributed by atoms with E-state index in [1.54, 1.807) is 14.2 Å². The molecular weight excluding hydrogens is 494 g/mol. The minimum atomic E-state index is 0.796. The van der Waals surface area contributed by atoms with Crippen molar-refractivity contribution in [3.63, 3.8) is 0 Å². The van der Waals surface area contributed by atoms with Gasteiger partial charge in [-0.15, -0.1) is 0 Å². The van der Waals surface area contributed by atoms with Gasteiger partial charge in [-0.05, 0) is 104 Å². The van der Waals surface area contributed by atoms with E-state index >= 15 is 0 Å². The third-order valence-corrected chi connectivity index (χ3v) is 6.69. The highest BCUT2D eigenvalue weighted by Crippen LogP contribution is 2.35. The van der Waals surface area contributed by atoms with E-state index in [9.17, 15) is 0 Å². The number of benzene rings is 5. The van der Waals surface area contributed by atoms with Crippen LogP contribution in [-0.2, 0) is 0 Å². The van der Waals surface area contributed by atoms with Crippen LogP contribution in [0.15, 0.2) is 126 Å². The smallest absolute Gasteiger partial charge is 0.119 e. The molecule has 0 amide bonds. The van der Waals surface area contributed by atoms with Crippen molar-refractivity contribution in [2.75, 3.05) is 24.1 Å². The van der Waals surface area contributed by atoms with Crippen molar-refractivity contribution in [3.05, 3.63) is 138 Å². The third kappa shape index (κ3) is 6.16. The Labute approximate surface area is 236 Å². The maximum absolute atomic E-state index is 5.34. The van der Waals surface area contributed by atoms with Crippen molar-refractivity contribution in [2.24, 2.45) is 5.10 Å². The first-order chi connectivity index (χ1) is 19.5. The molecule has 0 fully saturated rings. The van der Waals surface area contributed by atoms with E-state index < -0.39 is 0 Å². The second-order valence-electron chi connectivity index (χ2n) is 9.55. The Morgan fingerprint density at radius 1 is 0.475 bits per heavy atom. The quantitative estimate of drug-likeness (QED) is 0.142. The van der Waals surface area contributed by atoms with E-state index in [1.807, 2.05) is 59.8 Å². The number of methoxy groups -OCH3 is 2. The summed E-state index contributed by atoms with van der Waals surface area (Å²) in [7, 11) is 3.33. The Balaban J connectivity index is 1.46. The summed E-state index contributed by atoms with van der Waals surface area (Å²) >= 11 is 0. The summed E-state index contributed by atoms with van der Waals surface area (Å²) in [6, 6.07) is 41.3.